The van der Waals surface area contributed by atoms with Gasteiger partial charge in [0.2, 0.25) is 0 Å². The lowest BCUT2D eigenvalue weighted by Crippen LogP contribution is -2.61. The molecule has 1 saturated carbocycles. The Labute approximate surface area is 115 Å². The average Bonchev–Trinajstić information content (AvgIpc) is 2.41. The van der Waals surface area contributed by atoms with E-state index in [1.54, 1.807) is 6.08 Å². The first-order chi connectivity index (χ1) is 9.24. The quantitative estimate of drug-likeness (QED) is 0.627. The van der Waals surface area contributed by atoms with E-state index in [0.717, 1.165) is 5.92 Å². The van der Waals surface area contributed by atoms with E-state index in [2.05, 4.69) is 11.8 Å². The first-order valence-corrected chi connectivity index (χ1v) is 7.87. The lowest BCUT2D eigenvalue weighted by molar-refractivity contribution is -0.165. The van der Waals surface area contributed by atoms with Crippen molar-refractivity contribution in [3.63, 3.8) is 0 Å². The van der Waals surface area contributed by atoms with Crippen LogP contribution in [0.4, 0.5) is 0 Å². The van der Waals surface area contributed by atoms with E-state index in [-0.39, 0.29) is 12.1 Å². The van der Waals surface area contributed by atoms with E-state index in [1.165, 1.54) is 50.8 Å². The van der Waals surface area contributed by atoms with E-state index in [9.17, 15) is 4.79 Å². The highest BCUT2D eigenvalue weighted by molar-refractivity contribution is 5.84. The predicted molar refractivity (Wildman–Crippen MR) is 72.6 cm³/mol. The molecule has 0 aromatic rings. The van der Waals surface area contributed by atoms with Crippen LogP contribution in [0.5, 0.6) is 0 Å². The van der Waals surface area contributed by atoms with Gasteiger partial charge in [0.25, 0.3) is 0 Å². The van der Waals surface area contributed by atoms with Crippen molar-refractivity contribution in [1.29, 1.82) is 0 Å². The van der Waals surface area contributed by atoms with E-state index < -0.39 is 0 Å². The summed E-state index contributed by atoms with van der Waals surface area (Å²) < 4.78 is 5.75. The first-order valence-electron chi connectivity index (χ1n) is 7.87. The number of fused-ring (bicyclic) bond motifs is 2. The Kier molecular flexibility index (Phi) is 2.73. The van der Waals surface area contributed by atoms with Gasteiger partial charge in [-0.3, -0.25) is 4.90 Å². The van der Waals surface area contributed by atoms with Crippen LogP contribution in [0.3, 0.4) is 0 Å². The molecule has 0 aromatic carbocycles. The van der Waals surface area contributed by atoms with Crippen LogP contribution in [0.1, 0.15) is 39.0 Å². The van der Waals surface area contributed by atoms with Crippen LogP contribution in [0.15, 0.2) is 11.6 Å². The van der Waals surface area contributed by atoms with E-state index in [1.807, 2.05) is 0 Å². The SMILES string of the molecule is CC1=CC(=O)OC2C1CC1CCCN3CCCC2C13. The number of hydrogen-bond acceptors (Lipinski definition) is 3. The summed E-state index contributed by atoms with van der Waals surface area (Å²) in [5.74, 6) is 1.82. The second-order valence-corrected chi connectivity index (χ2v) is 6.87. The van der Waals surface area contributed by atoms with Gasteiger partial charge in [0.15, 0.2) is 0 Å². The first kappa shape index (κ1) is 12.0. The summed E-state index contributed by atoms with van der Waals surface area (Å²) in [5.41, 5.74) is 1.27. The highest BCUT2D eigenvalue weighted by atomic mass is 16.5. The molecule has 0 amide bonds. The Hall–Kier alpha value is -0.830. The zero-order chi connectivity index (χ0) is 13.0. The second-order valence-electron chi connectivity index (χ2n) is 6.87. The van der Waals surface area contributed by atoms with Gasteiger partial charge in [-0.1, -0.05) is 5.57 Å². The van der Waals surface area contributed by atoms with Crippen molar-refractivity contribution >= 4 is 5.97 Å². The molecule has 0 bridgehead atoms. The number of ether oxygens (including phenoxy) is 1. The third-order valence-corrected chi connectivity index (χ3v) is 5.90. The molecule has 3 fully saturated rings. The zero-order valence-corrected chi connectivity index (χ0v) is 11.7. The topological polar surface area (TPSA) is 29.5 Å². The summed E-state index contributed by atoms with van der Waals surface area (Å²) in [6, 6.07) is 0.697. The molecule has 5 atom stereocenters. The van der Waals surface area contributed by atoms with Gasteiger partial charge in [-0.25, -0.2) is 4.79 Å². The standard InChI is InChI=1S/C16H23NO2/c1-10-8-14(18)19-16-12-5-3-7-17-6-2-4-11(15(12)17)9-13(10)16/h8,11-13,15-16H,2-7,9H2,1H3. The summed E-state index contributed by atoms with van der Waals surface area (Å²) in [4.78, 5) is 14.4. The highest BCUT2D eigenvalue weighted by Crippen LogP contribution is 2.49. The van der Waals surface area contributed by atoms with E-state index >= 15 is 0 Å². The molecule has 4 aliphatic rings. The van der Waals surface area contributed by atoms with Gasteiger partial charge in [-0.2, -0.15) is 0 Å². The van der Waals surface area contributed by atoms with Crippen LogP contribution in [-0.2, 0) is 9.53 Å². The minimum absolute atomic E-state index is 0.106. The molecule has 1 aliphatic carbocycles. The fraction of sp³-hybridized carbons (Fsp3) is 0.812. The maximum Gasteiger partial charge on any atom is 0.331 e. The maximum atomic E-state index is 11.7. The van der Waals surface area contributed by atoms with Gasteiger partial charge in [0, 0.05) is 24.0 Å². The molecule has 3 nitrogen and oxygen atoms in total. The van der Waals surface area contributed by atoms with Crippen LogP contribution >= 0.6 is 0 Å². The summed E-state index contributed by atoms with van der Waals surface area (Å²) in [6.07, 6.45) is 8.38. The Morgan fingerprint density at radius 1 is 1.26 bits per heavy atom. The number of hydrogen-bond donors (Lipinski definition) is 0. The number of carbonyl (C=O) groups is 1. The van der Waals surface area contributed by atoms with Gasteiger partial charge in [-0.15, -0.1) is 0 Å². The molecule has 0 N–H and O–H groups in total. The van der Waals surface area contributed by atoms with Gasteiger partial charge in [0.1, 0.15) is 6.10 Å². The van der Waals surface area contributed by atoms with Crippen molar-refractivity contribution in [3.8, 4) is 0 Å². The minimum atomic E-state index is -0.106. The number of esters is 1. The average molecular weight is 261 g/mol. The molecule has 3 heteroatoms. The molecule has 3 heterocycles. The number of piperidine rings is 2. The van der Waals surface area contributed by atoms with Crippen LogP contribution in [0, 0.1) is 17.8 Å². The molecular weight excluding hydrogens is 238 g/mol. The lowest BCUT2D eigenvalue weighted by atomic mass is 9.62. The monoisotopic (exact) mass is 261 g/mol. The summed E-state index contributed by atoms with van der Waals surface area (Å²) in [7, 11) is 0. The predicted octanol–water partition coefficient (Wildman–Crippen LogP) is 2.37. The number of carbonyl (C=O) groups excluding carboxylic acids is 1. The highest BCUT2D eigenvalue weighted by Gasteiger charge is 2.52. The zero-order valence-electron chi connectivity index (χ0n) is 11.7. The van der Waals surface area contributed by atoms with Crippen LogP contribution in [0.25, 0.3) is 0 Å². The molecule has 0 radical (unpaired) electrons. The summed E-state index contributed by atoms with van der Waals surface area (Å²) in [5, 5.41) is 0. The van der Waals surface area contributed by atoms with Gasteiger partial charge < -0.3 is 4.74 Å². The Balaban J connectivity index is 1.69. The van der Waals surface area contributed by atoms with Crippen LogP contribution < -0.4 is 0 Å². The third kappa shape index (κ3) is 1.78. The fourth-order valence-corrected chi connectivity index (χ4v) is 5.21. The fourth-order valence-electron chi connectivity index (χ4n) is 5.21. The van der Waals surface area contributed by atoms with E-state index in [4.69, 9.17) is 4.74 Å². The van der Waals surface area contributed by atoms with Crippen LogP contribution in [-0.4, -0.2) is 36.1 Å². The Bertz CT molecular complexity index is 428. The largest absolute Gasteiger partial charge is 0.458 e. The smallest absolute Gasteiger partial charge is 0.331 e. The lowest BCUT2D eigenvalue weighted by Gasteiger charge is -2.56. The van der Waals surface area contributed by atoms with Crippen molar-refractivity contribution in [2.75, 3.05) is 13.1 Å². The van der Waals surface area contributed by atoms with Crippen LogP contribution in [0.2, 0.25) is 0 Å². The molecule has 0 spiro atoms. The van der Waals surface area contributed by atoms with Gasteiger partial charge >= 0.3 is 5.97 Å². The van der Waals surface area contributed by atoms with Crippen molar-refractivity contribution < 1.29 is 9.53 Å². The van der Waals surface area contributed by atoms with Crippen molar-refractivity contribution in [2.45, 2.75) is 51.2 Å². The Morgan fingerprint density at radius 3 is 2.89 bits per heavy atom. The summed E-state index contributed by atoms with van der Waals surface area (Å²) in [6.45, 7) is 4.65. The third-order valence-electron chi connectivity index (χ3n) is 5.90. The number of rotatable bonds is 0. The molecule has 104 valence electrons. The molecule has 0 aromatic heterocycles. The molecule has 5 unspecified atom stereocenters. The van der Waals surface area contributed by atoms with Gasteiger partial charge in [-0.05, 0) is 58.0 Å². The van der Waals surface area contributed by atoms with Crippen molar-refractivity contribution in [3.05, 3.63) is 11.6 Å². The second kappa shape index (κ2) is 4.34. The molecule has 4 rings (SSSR count). The normalized spacial score (nSPS) is 45.8. The minimum Gasteiger partial charge on any atom is -0.458 e. The van der Waals surface area contributed by atoms with Crippen molar-refractivity contribution in [1.82, 2.24) is 4.90 Å². The maximum absolute atomic E-state index is 11.7. The summed E-state index contributed by atoms with van der Waals surface area (Å²) >= 11 is 0. The molecule has 3 aliphatic heterocycles. The molecule has 2 saturated heterocycles. The van der Waals surface area contributed by atoms with Crippen molar-refractivity contribution in [2.24, 2.45) is 17.8 Å². The molecule has 19 heavy (non-hydrogen) atoms. The van der Waals surface area contributed by atoms with Gasteiger partial charge in [0.05, 0.1) is 0 Å². The number of nitrogens with zero attached hydrogens (tertiary/aromatic N) is 1. The molecular formula is C16H23NO2. The van der Waals surface area contributed by atoms with E-state index in [0.29, 0.717) is 17.9 Å². The Morgan fingerprint density at radius 2 is 2.05 bits per heavy atom.